The van der Waals surface area contributed by atoms with Gasteiger partial charge in [-0.2, -0.15) is 0 Å². The number of aryl methyl sites for hydroxylation is 1. The van der Waals surface area contributed by atoms with Gasteiger partial charge in [-0.15, -0.1) is 0 Å². The maximum absolute atomic E-state index is 13.1. The first-order chi connectivity index (χ1) is 15.5. The quantitative estimate of drug-likeness (QED) is 0.667. The number of rotatable bonds is 0. The number of nitrogens with one attached hydrogen (secondary N) is 1. The molecule has 0 saturated heterocycles. The summed E-state index contributed by atoms with van der Waals surface area (Å²) in [6, 6.07) is 13.5. The molecule has 3 atom stereocenters. The minimum atomic E-state index is -0.298. The van der Waals surface area contributed by atoms with Crippen LogP contribution in [0.1, 0.15) is 77.3 Å². The number of guanidine groups is 1. The summed E-state index contributed by atoms with van der Waals surface area (Å²) in [5.74, 6) is 0.122. The SMILES string of the molecule is C[C@@H]1c2cccc(c2)C(=O)NC2CCc3ccc(cc32)/C=C\CCC2CC(=O)N1C(N)=N2. The van der Waals surface area contributed by atoms with E-state index in [0.29, 0.717) is 12.0 Å². The van der Waals surface area contributed by atoms with E-state index in [1.165, 1.54) is 11.1 Å². The summed E-state index contributed by atoms with van der Waals surface area (Å²) >= 11 is 0. The van der Waals surface area contributed by atoms with Crippen molar-refractivity contribution in [1.29, 1.82) is 0 Å². The van der Waals surface area contributed by atoms with Gasteiger partial charge in [0.15, 0.2) is 5.96 Å². The lowest BCUT2D eigenvalue weighted by molar-refractivity contribution is -0.130. The van der Waals surface area contributed by atoms with Gasteiger partial charge in [-0.1, -0.05) is 36.4 Å². The second-order valence-corrected chi connectivity index (χ2v) is 8.91. The van der Waals surface area contributed by atoms with Crippen LogP contribution in [0.2, 0.25) is 0 Å². The van der Waals surface area contributed by atoms with Crippen LogP contribution in [0, 0.1) is 0 Å². The lowest BCUT2D eigenvalue weighted by atomic mass is 9.99. The van der Waals surface area contributed by atoms with Gasteiger partial charge in [0, 0.05) is 12.0 Å². The van der Waals surface area contributed by atoms with Gasteiger partial charge in [-0.3, -0.25) is 14.5 Å². The fourth-order valence-electron chi connectivity index (χ4n) is 5.02. The minimum Gasteiger partial charge on any atom is -0.369 e. The molecule has 4 aliphatic rings. The molecule has 0 radical (unpaired) electrons. The van der Waals surface area contributed by atoms with E-state index in [0.717, 1.165) is 36.8 Å². The molecule has 3 heterocycles. The molecule has 2 aromatic carbocycles. The number of allylic oxidation sites excluding steroid dienone is 1. The first kappa shape index (κ1) is 20.5. The van der Waals surface area contributed by atoms with Crippen molar-refractivity contribution in [3.8, 4) is 0 Å². The fraction of sp³-hybridized carbons (Fsp3) is 0.346. The highest BCUT2D eigenvalue weighted by Crippen LogP contribution is 2.33. The molecule has 164 valence electrons. The summed E-state index contributed by atoms with van der Waals surface area (Å²) in [5.41, 5.74) is 11.3. The molecule has 0 aromatic heterocycles. The van der Waals surface area contributed by atoms with Gasteiger partial charge in [0.05, 0.1) is 18.1 Å². The average molecular weight is 429 g/mol. The van der Waals surface area contributed by atoms with E-state index in [1.807, 2.05) is 31.2 Å². The second kappa shape index (κ2) is 8.26. The van der Waals surface area contributed by atoms with Crippen molar-refractivity contribution in [3.05, 3.63) is 76.4 Å². The lowest BCUT2D eigenvalue weighted by Gasteiger charge is -2.33. The molecule has 2 unspecified atom stereocenters. The summed E-state index contributed by atoms with van der Waals surface area (Å²) in [6.07, 6.45) is 8.06. The number of carbonyl (C=O) groups is 2. The van der Waals surface area contributed by atoms with Crippen LogP contribution in [0.3, 0.4) is 0 Å². The number of nitrogens with zero attached hydrogens (tertiary/aromatic N) is 2. The smallest absolute Gasteiger partial charge is 0.251 e. The van der Waals surface area contributed by atoms with Crippen LogP contribution in [0.4, 0.5) is 0 Å². The molecular weight excluding hydrogens is 400 g/mol. The van der Waals surface area contributed by atoms with Crippen molar-refractivity contribution in [3.63, 3.8) is 0 Å². The van der Waals surface area contributed by atoms with Crippen molar-refractivity contribution >= 4 is 23.8 Å². The normalized spacial score (nSPS) is 26.2. The number of benzene rings is 2. The van der Waals surface area contributed by atoms with Gasteiger partial charge < -0.3 is 11.1 Å². The van der Waals surface area contributed by atoms with Gasteiger partial charge in [0.2, 0.25) is 5.91 Å². The number of hydrogen-bond donors (Lipinski definition) is 2. The Morgan fingerprint density at radius 3 is 2.84 bits per heavy atom. The zero-order valence-electron chi connectivity index (χ0n) is 18.3. The predicted octanol–water partition coefficient (Wildman–Crippen LogP) is 3.89. The first-order valence-electron chi connectivity index (χ1n) is 11.3. The third-order valence-corrected chi connectivity index (χ3v) is 6.79. The summed E-state index contributed by atoms with van der Waals surface area (Å²) in [6.45, 7) is 1.92. The van der Waals surface area contributed by atoms with Crippen molar-refractivity contribution in [2.75, 3.05) is 0 Å². The summed E-state index contributed by atoms with van der Waals surface area (Å²) in [5, 5.41) is 3.21. The summed E-state index contributed by atoms with van der Waals surface area (Å²) < 4.78 is 0. The molecule has 3 N–H and O–H groups in total. The summed E-state index contributed by atoms with van der Waals surface area (Å²) in [7, 11) is 0. The molecule has 6 heteroatoms. The molecule has 0 fully saturated rings. The van der Waals surface area contributed by atoms with Gasteiger partial charge in [0.25, 0.3) is 5.91 Å². The Balaban J connectivity index is 1.54. The highest BCUT2D eigenvalue weighted by atomic mass is 16.2. The maximum atomic E-state index is 13.1. The van der Waals surface area contributed by atoms with Crippen molar-refractivity contribution in [2.45, 2.75) is 57.2 Å². The van der Waals surface area contributed by atoms with E-state index >= 15 is 0 Å². The average Bonchev–Trinajstić information content (AvgIpc) is 3.17. The molecule has 6 nitrogen and oxygen atoms in total. The number of carbonyl (C=O) groups excluding carboxylic acids is 2. The van der Waals surface area contributed by atoms with Crippen LogP contribution in [0.15, 0.2) is 53.5 Å². The topological polar surface area (TPSA) is 87.8 Å². The van der Waals surface area contributed by atoms with Gasteiger partial charge in [-0.25, -0.2) is 4.99 Å². The van der Waals surface area contributed by atoms with Crippen LogP contribution in [-0.2, 0) is 11.2 Å². The molecular formula is C26H28N4O2. The molecule has 2 amide bonds. The molecule has 1 aliphatic carbocycles. The monoisotopic (exact) mass is 428 g/mol. The van der Waals surface area contributed by atoms with Crippen LogP contribution in [0.5, 0.6) is 0 Å². The zero-order valence-corrected chi connectivity index (χ0v) is 18.3. The van der Waals surface area contributed by atoms with E-state index in [-0.39, 0.29) is 35.9 Å². The summed E-state index contributed by atoms with van der Waals surface area (Å²) in [4.78, 5) is 32.2. The van der Waals surface area contributed by atoms with E-state index < -0.39 is 0 Å². The number of amides is 2. The number of fused-ring (bicyclic) bond motifs is 4. The Morgan fingerprint density at radius 1 is 1.12 bits per heavy atom. The van der Waals surface area contributed by atoms with Crippen LogP contribution in [0.25, 0.3) is 6.08 Å². The Morgan fingerprint density at radius 2 is 2.00 bits per heavy atom. The Kier molecular flexibility index (Phi) is 5.29. The molecule has 6 bridgehead atoms. The molecule has 0 saturated carbocycles. The van der Waals surface area contributed by atoms with Gasteiger partial charge in [0.1, 0.15) is 0 Å². The number of aliphatic imine (C=N–C) groups is 1. The standard InChI is InChI=1S/C26H28N4O2/c1-16-19-6-4-7-20(14-19)25(32)29-23-12-11-18-10-9-17(13-22(18)23)5-2-3-8-21-15-24(31)30(16)26(27)28-21/h2,4-7,9-10,13-14,16,21,23H,3,8,11-12,15H2,1H3,(H2,27,28)(H,29,32)/b5-2-/t16-,21?,23?/m1/s1. The van der Waals surface area contributed by atoms with Gasteiger partial charge >= 0.3 is 0 Å². The van der Waals surface area contributed by atoms with Crippen LogP contribution < -0.4 is 11.1 Å². The number of hydrogen-bond acceptors (Lipinski definition) is 4. The first-order valence-corrected chi connectivity index (χ1v) is 11.3. The molecule has 6 rings (SSSR count). The largest absolute Gasteiger partial charge is 0.369 e. The van der Waals surface area contributed by atoms with Crippen molar-refractivity contribution in [2.24, 2.45) is 10.7 Å². The second-order valence-electron chi connectivity index (χ2n) is 8.91. The van der Waals surface area contributed by atoms with Crippen molar-refractivity contribution in [1.82, 2.24) is 10.2 Å². The van der Waals surface area contributed by atoms with E-state index in [9.17, 15) is 9.59 Å². The van der Waals surface area contributed by atoms with E-state index in [2.05, 4.69) is 40.7 Å². The molecule has 0 spiro atoms. The van der Waals surface area contributed by atoms with E-state index in [1.54, 1.807) is 4.90 Å². The highest BCUT2D eigenvalue weighted by Gasteiger charge is 2.32. The Labute approximate surface area is 188 Å². The maximum Gasteiger partial charge on any atom is 0.251 e. The van der Waals surface area contributed by atoms with Crippen molar-refractivity contribution < 1.29 is 9.59 Å². The third kappa shape index (κ3) is 3.81. The molecule has 3 aliphatic heterocycles. The zero-order chi connectivity index (χ0) is 22.2. The van der Waals surface area contributed by atoms with E-state index in [4.69, 9.17) is 5.73 Å². The number of nitrogens with two attached hydrogens (primary N) is 1. The Bertz CT molecular complexity index is 1140. The highest BCUT2D eigenvalue weighted by molar-refractivity contribution is 5.99. The third-order valence-electron chi connectivity index (χ3n) is 6.79. The van der Waals surface area contributed by atoms with Crippen LogP contribution in [-0.4, -0.2) is 28.7 Å². The predicted molar refractivity (Wildman–Crippen MR) is 125 cm³/mol. The minimum absolute atomic E-state index is 0.00920. The molecule has 2 aromatic rings. The van der Waals surface area contributed by atoms with Crippen LogP contribution >= 0.6 is 0 Å². The lowest BCUT2D eigenvalue weighted by Crippen LogP contribution is -2.48. The Hall–Kier alpha value is -3.41. The molecule has 32 heavy (non-hydrogen) atoms. The fourth-order valence-corrected chi connectivity index (χ4v) is 5.02. The van der Waals surface area contributed by atoms with Gasteiger partial charge in [-0.05, 0) is 73.1 Å².